The number of rotatable bonds is 1. The maximum absolute atomic E-state index is 5.88. The van der Waals surface area contributed by atoms with Gasteiger partial charge in [-0.25, -0.2) is 0 Å². The van der Waals surface area contributed by atoms with Crippen LogP contribution in [0, 0.1) is 23.7 Å². The van der Waals surface area contributed by atoms with Crippen molar-refractivity contribution >= 4 is 0 Å². The molecule has 3 aliphatic rings. The van der Waals surface area contributed by atoms with E-state index in [0.29, 0.717) is 6.04 Å². The summed E-state index contributed by atoms with van der Waals surface area (Å²) in [6, 6.07) is 0.452. The van der Waals surface area contributed by atoms with Crippen molar-refractivity contribution in [2.24, 2.45) is 29.4 Å². The highest BCUT2D eigenvalue weighted by Gasteiger charge is 2.53. The van der Waals surface area contributed by atoms with Crippen molar-refractivity contribution in [2.75, 3.05) is 0 Å². The van der Waals surface area contributed by atoms with Gasteiger partial charge in [-0.2, -0.15) is 0 Å². The Kier molecular flexibility index (Phi) is 1.31. The third-order valence-corrected chi connectivity index (χ3v) is 3.78. The van der Waals surface area contributed by atoms with E-state index in [0.717, 1.165) is 23.7 Å². The summed E-state index contributed by atoms with van der Waals surface area (Å²) < 4.78 is 0. The largest absolute Gasteiger partial charge is 0.328 e. The molecule has 1 nitrogen and oxygen atoms in total. The van der Waals surface area contributed by atoms with Gasteiger partial charge in [0.05, 0.1) is 0 Å². The molecule has 0 aromatic heterocycles. The van der Waals surface area contributed by atoms with E-state index in [9.17, 15) is 0 Å². The fourth-order valence-electron chi connectivity index (χ4n) is 3.27. The fourth-order valence-corrected chi connectivity index (χ4v) is 3.27. The van der Waals surface area contributed by atoms with Crippen molar-refractivity contribution in [3.63, 3.8) is 0 Å². The number of hydrogen-bond donors (Lipinski definition) is 1. The average Bonchev–Trinajstić information content (AvgIpc) is 2.40. The van der Waals surface area contributed by atoms with Crippen LogP contribution in [0.4, 0.5) is 0 Å². The fraction of sp³-hybridized carbons (Fsp3) is 1.00. The Morgan fingerprint density at radius 1 is 1.30 bits per heavy atom. The predicted octanol–water partition coefficient (Wildman–Crippen LogP) is 1.63. The molecule has 0 aromatic carbocycles. The Morgan fingerprint density at radius 3 is 2.00 bits per heavy atom. The number of hydrogen-bond acceptors (Lipinski definition) is 1. The third-order valence-electron chi connectivity index (χ3n) is 3.78. The lowest BCUT2D eigenvalue weighted by Crippen LogP contribution is -2.47. The summed E-state index contributed by atoms with van der Waals surface area (Å²) in [6.07, 6.45) is 2.91. The minimum atomic E-state index is 0.452. The molecule has 0 amide bonds. The number of nitrogens with two attached hydrogens (primary N) is 1. The topological polar surface area (TPSA) is 26.0 Å². The summed E-state index contributed by atoms with van der Waals surface area (Å²) >= 11 is 0. The summed E-state index contributed by atoms with van der Waals surface area (Å²) in [5.41, 5.74) is 5.88. The van der Waals surface area contributed by atoms with Crippen LogP contribution in [0.25, 0.3) is 0 Å². The third kappa shape index (κ3) is 0.619. The molecule has 0 saturated heterocycles. The Hall–Kier alpha value is -0.0400. The first kappa shape index (κ1) is 6.66. The molecule has 2 bridgehead atoms. The monoisotopic (exact) mass is 139 g/mol. The van der Waals surface area contributed by atoms with Crippen molar-refractivity contribution in [1.29, 1.82) is 0 Å². The SMILES string of the molecule is CC(N)C1C2CC[C@H]1[C@@H]2C. The van der Waals surface area contributed by atoms with Crippen molar-refractivity contribution in [3.05, 3.63) is 0 Å². The zero-order valence-electron chi connectivity index (χ0n) is 6.88. The van der Waals surface area contributed by atoms with E-state index >= 15 is 0 Å². The molecule has 0 aromatic rings. The lowest BCUT2D eigenvalue weighted by molar-refractivity contribution is 0.0476. The van der Waals surface area contributed by atoms with E-state index in [-0.39, 0.29) is 0 Å². The van der Waals surface area contributed by atoms with Gasteiger partial charge in [0.15, 0.2) is 0 Å². The summed E-state index contributed by atoms with van der Waals surface area (Å²) in [6.45, 7) is 4.56. The van der Waals surface area contributed by atoms with Gasteiger partial charge in [0.1, 0.15) is 0 Å². The van der Waals surface area contributed by atoms with Gasteiger partial charge >= 0.3 is 0 Å². The van der Waals surface area contributed by atoms with Crippen molar-refractivity contribution in [1.82, 2.24) is 0 Å². The molecule has 5 atom stereocenters. The van der Waals surface area contributed by atoms with Crippen molar-refractivity contribution in [3.8, 4) is 0 Å². The van der Waals surface area contributed by atoms with Crippen LogP contribution in [0.1, 0.15) is 26.7 Å². The smallest absolute Gasteiger partial charge is 0.00442 e. The maximum atomic E-state index is 5.88. The van der Waals surface area contributed by atoms with Gasteiger partial charge in [0.2, 0.25) is 0 Å². The van der Waals surface area contributed by atoms with Crippen LogP contribution in [-0.4, -0.2) is 6.04 Å². The predicted molar refractivity (Wildman–Crippen MR) is 42.5 cm³/mol. The lowest BCUT2D eigenvalue weighted by Gasteiger charge is -2.45. The van der Waals surface area contributed by atoms with E-state index in [1.54, 1.807) is 0 Å². The summed E-state index contributed by atoms with van der Waals surface area (Å²) in [5.74, 6) is 3.86. The highest BCUT2D eigenvalue weighted by atomic mass is 14.7. The van der Waals surface area contributed by atoms with Crippen LogP contribution in [0.3, 0.4) is 0 Å². The second-order valence-corrected chi connectivity index (χ2v) is 4.20. The van der Waals surface area contributed by atoms with Gasteiger partial charge < -0.3 is 5.73 Å². The average molecular weight is 139 g/mol. The van der Waals surface area contributed by atoms with E-state index in [4.69, 9.17) is 5.73 Å². The first-order valence-corrected chi connectivity index (χ1v) is 4.47. The highest BCUT2D eigenvalue weighted by molar-refractivity contribution is 5.03. The molecule has 3 fully saturated rings. The quantitative estimate of drug-likeness (QED) is 0.587. The minimum Gasteiger partial charge on any atom is -0.328 e. The molecule has 3 unspecified atom stereocenters. The molecule has 0 heterocycles. The van der Waals surface area contributed by atoms with Crippen molar-refractivity contribution in [2.45, 2.75) is 32.7 Å². The Morgan fingerprint density at radius 2 is 1.80 bits per heavy atom. The maximum Gasteiger partial charge on any atom is 0.00442 e. The van der Waals surface area contributed by atoms with E-state index in [1.165, 1.54) is 12.8 Å². The zero-order chi connectivity index (χ0) is 7.30. The lowest BCUT2D eigenvalue weighted by atomic mass is 9.61. The summed E-state index contributed by atoms with van der Waals surface area (Å²) in [4.78, 5) is 0. The van der Waals surface area contributed by atoms with Crippen LogP contribution in [0.2, 0.25) is 0 Å². The normalized spacial score (nSPS) is 54.3. The molecule has 3 rings (SSSR count). The van der Waals surface area contributed by atoms with Gasteiger partial charge in [-0.3, -0.25) is 0 Å². The van der Waals surface area contributed by atoms with Gasteiger partial charge in [-0.05, 0) is 43.4 Å². The molecule has 0 aliphatic heterocycles. The Labute approximate surface area is 63.0 Å². The molecule has 0 spiro atoms. The van der Waals surface area contributed by atoms with E-state index < -0.39 is 0 Å². The van der Waals surface area contributed by atoms with Gasteiger partial charge in [-0.15, -0.1) is 0 Å². The van der Waals surface area contributed by atoms with Crippen LogP contribution in [0.15, 0.2) is 0 Å². The molecule has 58 valence electrons. The molecular formula is C9H17N. The second kappa shape index (κ2) is 1.97. The first-order chi connectivity index (χ1) is 4.72. The molecule has 1 heteroatoms. The summed E-state index contributed by atoms with van der Waals surface area (Å²) in [5, 5.41) is 0. The Balaban J connectivity index is 2.06. The van der Waals surface area contributed by atoms with Crippen LogP contribution in [-0.2, 0) is 0 Å². The Bertz CT molecular complexity index is 130. The first-order valence-electron chi connectivity index (χ1n) is 4.47. The molecule has 0 radical (unpaired) electrons. The van der Waals surface area contributed by atoms with E-state index in [2.05, 4.69) is 13.8 Å². The zero-order valence-corrected chi connectivity index (χ0v) is 6.88. The minimum absolute atomic E-state index is 0.452. The van der Waals surface area contributed by atoms with Crippen LogP contribution < -0.4 is 5.73 Å². The molecule has 3 saturated carbocycles. The van der Waals surface area contributed by atoms with Crippen molar-refractivity contribution < 1.29 is 0 Å². The molecular weight excluding hydrogens is 122 g/mol. The van der Waals surface area contributed by atoms with Gasteiger partial charge in [0, 0.05) is 6.04 Å². The second-order valence-electron chi connectivity index (χ2n) is 4.20. The highest BCUT2D eigenvalue weighted by Crippen LogP contribution is 2.58. The standard InChI is InChI=1S/C9H17N/c1-5-7-3-4-8(5)9(7)6(2)10/h5-9H,3-4,10H2,1-2H3/t5-,6?,7-,8?,9?/m0/s1. The van der Waals surface area contributed by atoms with Crippen LogP contribution in [0.5, 0.6) is 0 Å². The van der Waals surface area contributed by atoms with E-state index in [1.807, 2.05) is 0 Å². The van der Waals surface area contributed by atoms with Gasteiger partial charge in [0.25, 0.3) is 0 Å². The molecule has 3 aliphatic carbocycles. The number of fused-ring (bicyclic) bond motifs is 1. The molecule has 2 N–H and O–H groups in total. The summed E-state index contributed by atoms with van der Waals surface area (Å²) in [7, 11) is 0. The van der Waals surface area contributed by atoms with Crippen LogP contribution >= 0.6 is 0 Å². The molecule has 10 heavy (non-hydrogen) atoms. The van der Waals surface area contributed by atoms with Gasteiger partial charge in [-0.1, -0.05) is 6.92 Å².